The molecule has 1 aromatic carbocycles. The van der Waals surface area contributed by atoms with Crippen molar-refractivity contribution in [2.45, 2.75) is 6.42 Å². The average Bonchev–Trinajstić information content (AvgIpc) is 2.66. The molecule has 1 saturated heterocycles. The summed E-state index contributed by atoms with van der Waals surface area (Å²) >= 11 is 5.95. The molecule has 1 amide bonds. The Labute approximate surface area is 125 Å². The molecule has 1 heterocycles. The van der Waals surface area contributed by atoms with E-state index in [4.69, 9.17) is 16.7 Å². The number of carbonyl (C=O) groups is 2. The van der Waals surface area contributed by atoms with E-state index in [0.717, 1.165) is 4.90 Å². The van der Waals surface area contributed by atoms with Gasteiger partial charge in [0, 0.05) is 18.9 Å². The van der Waals surface area contributed by atoms with Crippen LogP contribution < -0.4 is 4.90 Å². The van der Waals surface area contributed by atoms with Crippen LogP contribution in [0.4, 0.5) is 9.57 Å². The number of halogens is 2. The quantitative estimate of drug-likeness (QED) is 0.845. The Morgan fingerprint density at radius 3 is 2.71 bits per heavy atom. The standard InChI is InChI=1S/C12H11ClFNO5S/c13-9-3-1-2-8(12(17)18)11(9)15-5-7(4-10(15)16)6-21(14,19)20/h1-3,7H,4-6H2,(H,17,18). The van der Waals surface area contributed by atoms with Crippen LogP contribution in [0.1, 0.15) is 16.8 Å². The van der Waals surface area contributed by atoms with Crippen molar-refractivity contribution in [2.24, 2.45) is 5.92 Å². The van der Waals surface area contributed by atoms with Gasteiger partial charge in [-0.2, -0.15) is 8.42 Å². The van der Waals surface area contributed by atoms with Gasteiger partial charge in [0.15, 0.2) is 0 Å². The van der Waals surface area contributed by atoms with E-state index in [0.29, 0.717) is 0 Å². The molecule has 0 aromatic heterocycles. The van der Waals surface area contributed by atoms with Gasteiger partial charge in [-0.1, -0.05) is 17.7 Å². The molecular weight excluding hydrogens is 325 g/mol. The minimum absolute atomic E-state index is 0.00965. The highest BCUT2D eigenvalue weighted by molar-refractivity contribution is 7.86. The highest BCUT2D eigenvalue weighted by atomic mass is 35.5. The van der Waals surface area contributed by atoms with Crippen molar-refractivity contribution in [2.75, 3.05) is 17.2 Å². The van der Waals surface area contributed by atoms with Crippen LogP contribution in [0.3, 0.4) is 0 Å². The van der Waals surface area contributed by atoms with Gasteiger partial charge in [-0.25, -0.2) is 4.79 Å². The lowest BCUT2D eigenvalue weighted by atomic mass is 10.1. The minimum atomic E-state index is -4.70. The first-order chi connectivity index (χ1) is 9.69. The van der Waals surface area contributed by atoms with E-state index in [1.54, 1.807) is 0 Å². The maximum atomic E-state index is 12.7. The lowest BCUT2D eigenvalue weighted by Crippen LogP contribution is -2.27. The van der Waals surface area contributed by atoms with E-state index in [9.17, 15) is 21.9 Å². The van der Waals surface area contributed by atoms with Crippen LogP contribution in [0.2, 0.25) is 5.02 Å². The first kappa shape index (κ1) is 15.7. The summed E-state index contributed by atoms with van der Waals surface area (Å²) in [5, 5.41) is 9.20. The number of aromatic carboxylic acids is 1. The number of carbonyl (C=O) groups excluding carboxylic acids is 1. The molecule has 114 valence electrons. The Bertz CT molecular complexity index is 706. The largest absolute Gasteiger partial charge is 0.478 e. The van der Waals surface area contributed by atoms with E-state index in [1.807, 2.05) is 0 Å². The molecule has 1 unspecified atom stereocenters. The van der Waals surface area contributed by atoms with Crippen molar-refractivity contribution in [3.63, 3.8) is 0 Å². The van der Waals surface area contributed by atoms with Crippen LogP contribution in [0.5, 0.6) is 0 Å². The SMILES string of the molecule is O=C(O)c1cccc(Cl)c1N1CC(CS(=O)(=O)F)CC1=O. The molecule has 21 heavy (non-hydrogen) atoms. The van der Waals surface area contributed by atoms with Crippen molar-refractivity contribution < 1.29 is 27.0 Å². The van der Waals surface area contributed by atoms with Gasteiger partial charge in [0.2, 0.25) is 5.91 Å². The summed E-state index contributed by atoms with van der Waals surface area (Å²) in [5.74, 6) is -3.26. The second kappa shape index (κ2) is 5.61. The van der Waals surface area contributed by atoms with Crippen molar-refractivity contribution >= 4 is 39.4 Å². The first-order valence-electron chi connectivity index (χ1n) is 5.93. The van der Waals surface area contributed by atoms with Gasteiger partial charge in [0.05, 0.1) is 22.0 Å². The van der Waals surface area contributed by atoms with E-state index in [1.165, 1.54) is 18.2 Å². The van der Waals surface area contributed by atoms with E-state index in [2.05, 4.69) is 0 Å². The van der Waals surface area contributed by atoms with Gasteiger partial charge in [-0.05, 0) is 12.1 Å². The minimum Gasteiger partial charge on any atom is -0.478 e. The lowest BCUT2D eigenvalue weighted by Gasteiger charge is -2.20. The average molecular weight is 336 g/mol. The molecular formula is C12H11ClFNO5S. The maximum Gasteiger partial charge on any atom is 0.337 e. The second-order valence-corrected chi connectivity index (χ2v) is 6.54. The predicted octanol–water partition coefficient (Wildman–Crippen LogP) is 1.69. The molecule has 0 spiro atoms. The molecule has 1 aromatic rings. The fourth-order valence-corrected chi connectivity index (χ4v) is 3.42. The number of rotatable bonds is 4. The normalized spacial score (nSPS) is 19.0. The molecule has 1 atom stereocenters. The Morgan fingerprint density at radius 1 is 1.48 bits per heavy atom. The molecule has 6 nitrogen and oxygen atoms in total. The summed E-state index contributed by atoms with van der Waals surface area (Å²) in [6, 6.07) is 4.14. The van der Waals surface area contributed by atoms with E-state index in [-0.39, 0.29) is 29.2 Å². The number of benzene rings is 1. The summed E-state index contributed by atoms with van der Waals surface area (Å²) in [7, 11) is -4.70. The molecule has 0 saturated carbocycles. The fraction of sp³-hybridized carbons (Fsp3) is 0.333. The Balaban J connectivity index is 2.36. The van der Waals surface area contributed by atoms with E-state index >= 15 is 0 Å². The number of para-hydroxylation sites is 1. The highest BCUT2D eigenvalue weighted by Crippen LogP contribution is 2.34. The molecule has 1 aliphatic rings. The summed E-state index contributed by atoms with van der Waals surface area (Å²) in [5.41, 5.74) is -0.157. The van der Waals surface area contributed by atoms with Crippen molar-refractivity contribution in [1.29, 1.82) is 0 Å². The van der Waals surface area contributed by atoms with Gasteiger partial charge in [0.25, 0.3) is 0 Å². The highest BCUT2D eigenvalue weighted by Gasteiger charge is 2.36. The summed E-state index contributed by atoms with van der Waals surface area (Å²) in [4.78, 5) is 24.2. The van der Waals surface area contributed by atoms with Crippen molar-refractivity contribution in [3.05, 3.63) is 28.8 Å². The topological polar surface area (TPSA) is 91.8 Å². The van der Waals surface area contributed by atoms with E-state index < -0.39 is 33.8 Å². The Hall–Kier alpha value is -1.67. The Kier molecular flexibility index (Phi) is 4.20. The zero-order chi connectivity index (χ0) is 15.8. The van der Waals surface area contributed by atoms with Crippen LogP contribution in [-0.2, 0) is 15.0 Å². The maximum absolute atomic E-state index is 12.7. The van der Waals surface area contributed by atoms with Crippen molar-refractivity contribution in [3.8, 4) is 0 Å². The van der Waals surface area contributed by atoms with Crippen molar-refractivity contribution in [1.82, 2.24) is 0 Å². The number of hydrogen-bond acceptors (Lipinski definition) is 4. The third kappa shape index (κ3) is 3.51. The summed E-state index contributed by atoms with van der Waals surface area (Å²) in [6.07, 6.45) is -0.173. The van der Waals surface area contributed by atoms with Gasteiger partial charge in [-0.15, -0.1) is 3.89 Å². The summed E-state index contributed by atoms with van der Waals surface area (Å²) < 4.78 is 34.0. The smallest absolute Gasteiger partial charge is 0.337 e. The molecule has 1 fully saturated rings. The van der Waals surface area contributed by atoms with Crippen LogP contribution in [0, 0.1) is 5.92 Å². The number of carboxylic acids is 1. The second-order valence-electron chi connectivity index (χ2n) is 4.72. The number of hydrogen-bond donors (Lipinski definition) is 1. The van der Waals surface area contributed by atoms with Gasteiger partial charge < -0.3 is 10.0 Å². The fourth-order valence-electron chi connectivity index (χ4n) is 2.35. The molecule has 9 heteroatoms. The molecule has 0 bridgehead atoms. The number of anilines is 1. The number of nitrogens with zero attached hydrogens (tertiary/aromatic N) is 1. The first-order valence-corrected chi connectivity index (χ1v) is 7.86. The molecule has 1 aliphatic heterocycles. The zero-order valence-electron chi connectivity index (χ0n) is 10.6. The predicted molar refractivity (Wildman–Crippen MR) is 73.8 cm³/mol. The zero-order valence-corrected chi connectivity index (χ0v) is 12.2. The third-order valence-electron chi connectivity index (χ3n) is 3.13. The molecule has 0 radical (unpaired) electrons. The van der Waals surface area contributed by atoms with Gasteiger partial charge in [-0.3, -0.25) is 4.79 Å². The van der Waals surface area contributed by atoms with Gasteiger partial charge >= 0.3 is 16.2 Å². The Morgan fingerprint density at radius 2 is 2.14 bits per heavy atom. The third-order valence-corrected chi connectivity index (χ3v) is 4.30. The monoisotopic (exact) mass is 335 g/mol. The van der Waals surface area contributed by atoms with Crippen LogP contribution >= 0.6 is 11.6 Å². The molecule has 0 aliphatic carbocycles. The van der Waals surface area contributed by atoms with Crippen LogP contribution in [-0.4, -0.2) is 37.7 Å². The lowest BCUT2D eigenvalue weighted by molar-refractivity contribution is -0.117. The number of amides is 1. The number of carboxylic acid groups (broad SMARTS) is 1. The molecule has 2 rings (SSSR count). The van der Waals surface area contributed by atoms with Crippen LogP contribution in [0.15, 0.2) is 18.2 Å². The van der Waals surface area contributed by atoms with Crippen LogP contribution in [0.25, 0.3) is 0 Å². The molecule has 1 N–H and O–H groups in total. The van der Waals surface area contributed by atoms with Gasteiger partial charge in [0.1, 0.15) is 0 Å². The summed E-state index contributed by atoms with van der Waals surface area (Å²) in [6.45, 7) is -0.0913.